The number of aromatic nitrogens is 2. The number of aryl methyl sites for hydroxylation is 1. The lowest BCUT2D eigenvalue weighted by Gasteiger charge is -2.31. The smallest absolute Gasteiger partial charge is 0.459 e. The average molecular weight is 530 g/mol. The van der Waals surface area contributed by atoms with Gasteiger partial charge in [-0.15, -0.1) is 11.6 Å². The maximum atomic E-state index is 13.8. The minimum Gasteiger partial charge on any atom is -0.462 e. The number of hydrogen-bond donors (Lipinski definition) is 2. The molecule has 1 unspecified atom stereocenters. The van der Waals surface area contributed by atoms with Gasteiger partial charge in [0.05, 0.1) is 12.7 Å². The molecule has 0 bridgehead atoms. The summed E-state index contributed by atoms with van der Waals surface area (Å²) in [6.45, 7) is 7.78. The van der Waals surface area contributed by atoms with Gasteiger partial charge in [0.25, 0.3) is 5.56 Å². The second-order valence-electron chi connectivity index (χ2n) is 8.65. The number of hydrogen-bond acceptors (Lipinski definition) is 8. The van der Waals surface area contributed by atoms with Crippen molar-refractivity contribution in [1.29, 1.82) is 0 Å². The fourth-order valence-corrected chi connectivity index (χ4v) is 5.49. The Labute approximate surface area is 207 Å². The molecule has 0 spiro atoms. The standard InChI is InChI=1S/C22H29ClN3O8P/c1-13(2)32-19(28)15(4)25-35(30,33-16-9-7-6-8-10-16)34-17-12-31-20(22(17,5)23)26-11-14(3)18(27)24-21(26)29/h6-11,13,15,17,20H,12H2,1-5H3,(H,25,30)(H,24,27,29)/t15-,17-,20-,22-,35?/m1/s1. The normalized spacial score (nSPS) is 24.7. The molecule has 0 amide bonds. The van der Waals surface area contributed by atoms with Crippen LogP contribution >= 0.6 is 19.3 Å². The van der Waals surface area contributed by atoms with E-state index >= 15 is 0 Å². The molecule has 0 saturated carbocycles. The van der Waals surface area contributed by atoms with Crippen LogP contribution in [0.1, 0.15) is 39.5 Å². The van der Waals surface area contributed by atoms with Gasteiger partial charge in [-0.05, 0) is 46.8 Å². The SMILES string of the molecule is Cc1cn([C@@H]2OC[C@@H](OP(=O)(N[C@H](C)C(=O)OC(C)C)Oc3ccccc3)[C@@]2(C)Cl)c(=O)[nH]c1=O. The van der Waals surface area contributed by atoms with Crippen LogP contribution < -0.4 is 20.9 Å². The summed E-state index contributed by atoms with van der Waals surface area (Å²) >= 11 is 6.78. The van der Waals surface area contributed by atoms with Crippen molar-refractivity contribution >= 4 is 25.3 Å². The van der Waals surface area contributed by atoms with Gasteiger partial charge >= 0.3 is 19.4 Å². The summed E-state index contributed by atoms with van der Waals surface area (Å²) in [6, 6.07) is 7.22. The second-order valence-corrected chi connectivity index (χ2v) is 11.1. The fraction of sp³-hybridized carbons (Fsp3) is 0.500. The van der Waals surface area contributed by atoms with Gasteiger partial charge in [-0.1, -0.05) is 18.2 Å². The zero-order chi connectivity index (χ0) is 26.0. The van der Waals surface area contributed by atoms with Crippen LogP contribution in [0.15, 0.2) is 46.1 Å². The Morgan fingerprint density at radius 3 is 2.57 bits per heavy atom. The molecule has 0 aliphatic carbocycles. The summed E-state index contributed by atoms with van der Waals surface area (Å²) in [5.41, 5.74) is -0.965. The molecular formula is C22H29ClN3O8P. The zero-order valence-corrected chi connectivity index (χ0v) is 21.7. The quantitative estimate of drug-likeness (QED) is 0.285. The van der Waals surface area contributed by atoms with Gasteiger partial charge < -0.3 is 14.0 Å². The number of H-pyrrole nitrogens is 1. The Kier molecular flexibility index (Phi) is 8.28. The van der Waals surface area contributed by atoms with Crippen molar-refractivity contribution in [3.05, 3.63) is 62.9 Å². The number of nitrogens with zero attached hydrogens (tertiary/aromatic N) is 1. The van der Waals surface area contributed by atoms with E-state index in [2.05, 4.69) is 10.1 Å². The molecule has 2 N–H and O–H groups in total. The van der Waals surface area contributed by atoms with E-state index in [1.54, 1.807) is 51.1 Å². The summed E-state index contributed by atoms with van der Waals surface area (Å²) in [7, 11) is -4.23. The van der Waals surface area contributed by atoms with Gasteiger partial charge in [-0.25, -0.2) is 9.36 Å². The highest BCUT2D eigenvalue weighted by atomic mass is 35.5. The summed E-state index contributed by atoms with van der Waals surface area (Å²) < 4.78 is 37.4. The number of alkyl halides is 1. The number of halogens is 1. The van der Waals surface area contributed by atoms with Crippen molar-refractivity contribution in [2.75, 3.05) is 6.61 Å². The molecule has 1 saturated heterocycles. The summed E-state index contributed by atoms with van der Waals surface area (Å²) in [6.07, 6.45) is -1.14. The fourth-order valence-electron chi connectivity index (χ4n) is 3.40. The Morgan fingerprint density at radius 2 is 1.94 bits per heavy atom. The monoisotopic (exact) mass is 529 g/mol. The summed E-state index contributed by atoms with van der Waals surface area (Å²) in [5.74, 6) is -0.420. The Bertz CT molecular complexity index is 1210. The van der Waals surface area contributed by atoms with E-state index in [9.17, 15) is 18.9 Å². The first-order valence-electron chi connectivity index (χ1n) is 11.0. The molecule has 35 heavy (non-hydrogen) atoms. The van der Waals surface area contributed by atoms with E-state index in [0.717, 1.165) is 4.57 Å². The maximum absolute atomic E-state index is 13.8. The van der Waals surface area contributed by atoms with E-state index in [1.807, 2.05) is 0 Å². The first-order valence-corrected chi connectivity index (χ1v) is 12.9. The lowest BCUT2D eigenvalue weighted by Crippen LogP contribution is -2.44. The van der Waals surface area contributed by atoms with Gasteiger partial charge in [-0.2, -0.15) is 5.09 Å². The average Bonchev–Trinajstić information content (AvgIpc) is 3.04. The number of para-hydroxylation sites is 1. The number of carbonyl (C=O) groups excluding carboxylic acids is 1. The molecule has 13 heteroatoms. The second kappa shape index (κ2) is 10.7. The first-order chi connectivity index (χ1) is 16.3. The molecule has 3 rings (SSSR count). The third-order valence-electron chi connectivity index (χ3n) is 5.21. The number of nitrogens with one attached hydrogen (secondary N) is 2. The van der Waals surface area contributed by atoms with E-state index in [4.69, 9.17) is 30.1 Å². The zero-order valence-electron chi connectivity index (χ0n) is 20.0. The molecule has 5 atom stereocenters. The van der Waals surface area contributed by atoms with Crippen LogP contribution in [-0.4, -0.2) is 45.3 Å². The van der Waals surface area contributed by atoms with Crippen LogP contribution in [0.5, 0.6) is 5.75 Å². The Morgan fingerprint density at radius 1 is 1.29 bits per heavy atom. The highest BCUT2D eigenvalue weighted by molar-refractivity contribution is 7.52. The Balaban J connectivity index is 1.88. The number of rotatable bonds is 9. The third kappa shape index (κ3) is 6.42. The van der Waals surface area contributed by atoms with Crippen molar-refractivity contribution in [1.82, 2.24) is 14.6 Å². The number of esters is 1. The molecule has 192 valence electrons. The van der Waals surface area contributed by atoms with Crippen LogP contribution in [0.3, 0.4) is 0 Å². The molecule has 1 fully saturated rings. The van der Waals surface area contributed by atoms with Crippen molar-refractivity contribution < 1.29 is 27.9 Å². The molecule has 1 aromatic carbocycles. The van der Waals surface area contributed by atoms with Gasteiger partial charge in [0, 0.05) is 11.8 Å². The molecule has 1 aliphatic heterocycles. The highest BCUT2D eigenvalue weighted by Gasteiger charge is 2.52. The van der Waals surface area contributed by atoms with Crippen LogP contribution in [0.2, 0.25) is 0 Å². The number of benzene rings is 1. The van der Waals surface area contributed by atoms with Crippen LogP contribution in [0.25, 0.3) is 0 Å². The first kappa shape index (κ1) is 27.2. The largest absolute Gasteiger partial charge is 0.462 e. The number of carbonyl (C=O) groups is 1. The Hall–Kier alpha value is -2.43. The predicted octanol–water partition coefficient (Wildman–Crippen LogP) is 2.87. The summed E-state index contributed by atoms with van der Waals surface area (Å²) in [5, 5.41) is 2.60. The minimum absolute atomic E-state index is 0.149. The maximum Gasteiger partial charge on any atom is 0.459 e. The molecule has 1 aromatic heterocycles. The molecule has 0 radical (unpaired) electrons. The molecule has 1 aliphatic rings. The van der Waals surface area contributed by atoms with Gasteiger partial charge in [0.1, 0.15) is 22.8 Å². The van der Waals surface area contributed by atoms with Gasteiger partial charge in [0.2, 0.25) is 0 Å². The minimum atomic E-state index is -4.23. The molecule has 11 nitrogen and oxygen atoms in total. The van der Waals surface area contributed by atoms with Crippen LogP contribution in [0.4, 0.5) is 0 Å². The topological polar surface area (TPSA) is 138 Å². The van der Waals surface area contributed by atoms with E-state index < -0.39 is 48.2 Å². The molecular weight excluding hydrogens is 501 g/mol. The predicted molar refractivity (Wildman–Crippen MR) is 129 cm³/mol. The van der Waals surface area contributed by atoms with E-state index in [0.29, 0.717) is 0 Å². The van der Waals surface area contributed by atoms with E-state index in [1.165, 1.54) is 20.0 Å². The number of aromatic amines is 1. The van der Waals surface area contributed by atoms with Crippen molar-refractivity contribution in [2.24, 2.45) is 0 Å². The van der Waals surface area contributed by atoms with Crippen molar-refractivity contribution in [3.63, 3.8) is 0 Å². The van der Waals surface area contributed by atoms with Gasteiger partial charge in [-0.3, -0.25) is 23.7 Å². The van der Waals surface area contributed by atoms with Crippen molar-refractivity contribution in [3.8, 4) is 5.75 Å². The molecule has 2 heterocycles. The van der Waals surface area contributed by atoms with Gasteiger partial charge in [0.15, 0.2) is 6.23 Å². The molecule has 2 aromatic rings. The van der Waals surface area contributed by atoms with E-state index in [-0.39, 0.29) is 24.0 Å². The van der Waals surface area contributed by atoms with Crippen LogP contribution in [0, 0.1) is 6.92 Å². The lowest BCUT2D eigenvalue weighted by molar-refractivity contribution is -0.149. The third-order valence-corrected chi connectivity index (χ3v) is 7.33. The lowest BCUT2D eigenvalue weighted by atomic mass is 10.1. The van der Waals surface area contributed by atoms with Crippen LogP contribution in [-0.2, 0) is 23.4 Å². The van der Waals surface area contributed by atoms with Crippen molar-refractivity contribution in [2.45, 2.75) is 64.0 Å². The summed E-state index contributed by atoms with van der Waals surface area (Å²) in [4.78, 5) is 37.3. The highest BCUT2D eigenvalue weighted by Crippen LogP contribution is 2.52. The number of ether oxygens (including phenoxy) is 2.